The van der Waals surface area contributed by atoms with Crippen LogP contribution in [0.15, 0.2) is 18.3 Å². The first-order valence-electron chi connectivity index (χ1n) is 5.80. The molecule has 1 aliphatic rings. The van der Waals surface area contributed by atoms with E-state index in [9.17, 15) is 4.79 Å². The number of carbonyl (C=O) groups excluding carboxylic acids is 1. The molecular formula is C12H19N3O. The van der Waals surface area contributed by atoms with E-state index in [-0.39, 0.29) is 5.91 Å². The minimum absolute atomic E-state index is 0.146. The monoisotopic (exact) mass is 221 g/mol. The van der Waals surface area contributed by atoms with Crippen LogP contribution in [-0.4, -0.2) is 41.6 Å². The number of nitrogens with zero attached hydrogens (tertiary/aromatic N) is 2. The fraction of sp³-hybridized carbons (Fsp3) is 0.583. The summed E-state index contributed by atoms with van der Waals surface area (Å²) in [6.45, 7) is 1.70. The van der Waals surface area contributed by atoms with Gasteiger partial charge in [-0.2, -0.15) is 0 Å². The maximum absolute atomic E-state index is 12.2. The number of likely N-dealkylation sites (N-methyl/N-ethyl adjacent to an activating group) is 1. The standard InChI is InChI=1S/C12H19N3O/c1-13-10-5-3-8-15(9-10)12(16)11-6-4-7-14(11)2/h4,6-7,10,13H,3,5,8-9H2,1-2H3. The minimum atomic E-state index is 0.146. The van der Waals surface area contributed by atoms with Crippen molar-refractivity contribution in [1.29, 1.82) is 0 Å². The zero-order chi connectivity index (χ0) is 11.5. The molecular weight excluding hydrogens is 202 g/mol. The molecule has 0 aromatic carbocycles. The first-order chi connectivity index (χ1) is 7.72. The molecule has 0 saturated carbocycles. The van der Waals surface area contributed by atoms with Crippen LogP contribution in [-0.2, 0) is 7.05 Å². The van der Waals surface area contributed by atoms with Crippen molar-refractivity contribution in [2.45, 2.75) is 18.9 Å². The molecule has 2 rings (SSSR count). The van der Waals surface area contributed by atoms with Crippen LogP contribution < -0.4 is 5.32 Å². The molecule has 0 aliphatic carbocycles. The Balaban J connectivity index is 2.07. The second-order valence-electron chi connectivity index (χ2n) is 4.38. The maximum Gasteiger partial charge on any atom is 0.270 e. The van der Waals surface area contributed by atoms with Gasteiger partial charge in [0.2, 0.25) is 0 Å². The topological polar surface area (TPSA) is 37.3 Å². The van der Waals surface area contributed by atoms with Crippen LogP contribution >= 0.6 is 0 Å². The molecule has 1 saturated heterocycles. The van der Waals surface area contributed by atoms with Crippen molar-refractivity contribution in [1.82, 2.24) is 14.8 Å². The van der Waals surface area contributed by atoms with Gasteiger partial charge in [0.25, 0.3) is 5.91 Å². The first-order valence-corrected chi connectivity index (χ1v) is 5.80. The number of aromatic nitrogens is 1. The molecule has 1 unspecified atom stereocenters. The van der Waals surface area contributed by atoms with Crippen molar-refractivity contribution >= 4 is 5.91 Å². The number of hydrogen-bond donors (Lipinski definition) is 1. The Kier molecular flexibility index (Phi) is 3.29. The number of likely N-dealkylation sites (tertiary alicyclic amines) is 1. The van der Waals surface area contributed by atoms with Crippen molar-refractivity contribution in [3.05, 3.63) is 24.0 Å². The number of amides is 1. The summed E-state index contributed by atoms with van der Waals surface area (Å²) in [5.74, 6) is 0.146. The Bertz CT molecular complexity index is 372. The lowest BCUT2D eigenvalue weighted by molar-refractivity contribution is 0.0688. The molecule has 1 N–H and O–H groups in total. The third-order valence-electron chi connectivity index (χ3n) is 3.28. The van der Waals surface area contributed by atoms with Crippen LogP contribution in [0.3, 0.4) is 0 Å². The van der Waals surface area contributed by atoms with Crippen molar-refractivity contribution in [3.63, 3.8) is 0 Å². The number of piperidine rings is 1. The lowest BCUT2D eigenvalue weighted by Gasteiger charge is -2.32. The summed E-state index contributed by atoms with van der Waals surface area (Å²) >= 11 is 0. The van der Waals surface area contributed by atoms with Gasteiger partial charge in [-0.25, -0.2) is 0 Å². The molecule has 88 valence electrons. The number of hydrogen-bond acceptors (Lipinski definition) is 2. The van der Waals surface area contributed by atoms with Gasteiger partial charge >= 0.3 is 0 Å². The Hall–Kier alpha value is -1.29. The smallest absolute Gasteiger partial charge is 0.270 e. The highest BCUT2D eigenvalue weighted by atomic mass is 16.2. The predicted molar refractivity (Wildman–Crippen MR) is 63.4 cm³/mol. The van der Waals surface area contributed by atoms with Gasteiger partial charge < -0.3 is 14.8 Å². The highest BCUT2D eigenvalue weighted by Gasteiger charge is 2.24. The van der Waals surface area contributed by atoms with Crippen LogP contribution in [0, 0.1) is 0 Å². The molecule has 1 aromatic rings. The lowest BCUT2D eigenvalue weighted by atomic mass is 10.1. The van der Waals surface area contributed by atoms with Crippen LogP contribution in [0.4, 0.5) is 0 Å². The highest BCUT2D eigenvalue weighted by Crippen LogP contribution is 2.13. The molecule has 1 fully saturated rings. The van der Waals surface area contributed by atoms with Gasteiger partial charge in [-0.1, -0.05) is 0 Å². The van der Waals surface area contributed by atoms with Crippen LogP contribution in [0.5, 0.6) is 0 Å². The summed E-state index contributed by atoms with van der Waals surface area (Å²) in [5.41, 5.74) is 0.775. The van der Waals surface area contributed by atoms with E-state index in [1.165, 1.54) is 0 Å². The molecule has 1 aromatic heterocycles. The number of rotatable bonds is 2. The zero-order valence-electron chi connectivity index (χ0n) is 9.94. The van der Waals surface area contributed by atoms with Crippen molar-refractivity contribution in [2.75, 3.05) is 20.1 Å². The van der Waals surface area contributed by atoms with Crippen molar-refractivity contribution in [2.24, 2.45) is 7.05 Å². The minimum Gasteiger partial charge on any atom is -0.347 e. The van der Waals surface area contributed by atoms with E-state index in [0.29, 0.717) is 6.04 Å². The predicted octanol–water partition coefficient (Wildman–Crippen LogP) is 0.849. The quantitative estimate of drug-likeness (QED) is 0.804. The first kappa shape index (κ1) is 11.2. The molecule has 0 radical (unpaired) electrons. The zero-order valence-corrected chi connectivity index (χ0v) is 9.94. The van der Waals surface area contributed by atoms with Gasteiger partial charge in [-0.15, -0.1) is 0 Å². The summed E-state index contributed by atoms with van der Waals surface area (Å²) in [6, 6.07) is 4.23. The van der Waals surface area contributed by atoms with E-state index in [1.807, 2.05) is 41.9 Å². The molecule has 0 bridgehead atoms. The van der Waals surface area contributed by atoms with E-state index < -0.39 is 0 Å². The highest BCUT2D eigenvalue weighted by molar-refractivity contribution is 5.92. The van der Waals surface area contributed by atoms with Crippen LogP contribution in [0.1, 0.15) is 23.3 Å². The summed E-state index contributed by atoms with van der Waals surface area (Å²) in [4.78, 5) is 14.2. The molecule has 1 aliphatic heterocycles. The molecule has 4 nitrogen and oxygen atoms in total. The molecule has 16 heavy (non-hydrogen) atoms. The second-order valence-corrected chi connectivity index (χ2v) is 4.38. The number of carbonyl (C=O) groups is 1. The van der Waals surface area contributed by atoms with E-state index >= 15 is 0 Å². The van der Waals surface area contributed by atoms with Gasteiger partial charge in [0.1, 0.15) is 5.69 Å². The van der Waals surface area contributed by atoms with Gasteiger partial charge in [-0.05, 0) is 32.0 Å². The van der Waals surface area contributed by atoms with Gasteiger partial charge in [0, 0.05) is 32.4 Å². The summed E-state index contributed by atoms with van der Waals surface area (Å²) in [5, 5.41) is 3.25. The molecule has 2 heterocycles. The third kappa shape index (κ3) is 2.11. The number of aryl methyl sites for hydroxylation is 1. The molecule has 1 amide bonds. The Labute approximate surface area is 96.2 Å². The Morgan fingerprint density at radius 2 is 2.38 bits per heavy atom. The second kappa shape index (κ2) is 4.70. The Morgan fingerprint density at radius 3 is 3.00 bits per heavy atom. The fourth-order valence-electron chi connectivity index (χ4n) is 2.24. The summed E-state index contributed by atoms with van der Waals surface area (Å²) in [6.07, 6.45) is 4.15. The SMILES string of the molecule is CNC1CCCN(C(=O)c2cccn2C)C1. The van der Waals surface area contributed by atoms with E-state index in [4.69, 9.17) is 0 Å². The average molecular weight is 221 g/mol. The lowest BCUT2D eigenvalue weighted by Crippen LogP contribution is -2.47. The average Bonchev–Trinajstić information content (AvgIpc) is 2.74. The van der Waals surface area contributed by atoms with E-state index in [1.54, 1.807) is 0 Å². The number of nitrogens with one attached hydrogen (secondary N) is 1. The Morgan fingerprint density at radius 1 is 1.56 bits per heavy atom. The molecule has 1 atom stereocenters. The van der Waals surface area contributed by atoms with Crippen molar-refractivity contribution < 1.29 is 4.79 Å². The fourth-order valence-corrected chi connectivity index (χ4v) is 2.24. The largest absolute Gasteiger partial charge is 0.347 e. The van der Waals surface area contributed by atoms with Crippen LogP contribution in [0.2, 0.25) is 0 Å². The van der Waals surface area contributed by atoms with E-state index in [0.717, 1.165) is 31.6 Å². The van der Waals surface area contributed by atoms with Gasteiger partial charge in [0.15, 0.2) is 0 Å². The molecule has 0 spiro atoms. The van der Waals surface area contributed by atoms with Crippen LogP contribution in [0.25, 0.3) is 0 Å². The molecule has 4 heteroatoms. The van der Waals surface area contributed by atoms with E-state index in [2.05, 4.69) is 5.32 Å². The van der Waals surface area contributed by atoms with Crippen molar-refractivity contribution in [3.8, 4) is 0 Å². The maximum atomic E-state index is 12.2. The van der Waals surface area contributed by atoms with Gasteiger partial charge in [-0.3, -0.25) is 4.79 Å². The van der Waals surface area contributed by atoms with Gasteiger partial charge in [0.05, 0.1) is 0 Å². The third-order valence-corrected chi connectivity index (χ3v) is 3.28. The normalized spacial score (nSPS) is 21.1. The summed E-state index contributed by atoms with van der Waals surface area (Å²) in [7, 11) is 3.87. The summed E-state index contributed by atoms with van der Waals surface area (Å²) < 4.78 is 1.88.